The van der Waals surface area contributed by atoms with E-state index in [-0.39, 0.29) is 29.5 Å². The normalized spacial score (nSPS) is 15.0. The van der Waals surface area contributed by atoms with Crippen molar-refractivity contribution in [3.05, 3.63) is 29.8 Å². The fourth-order valence-electron chi connectivity index (χ4n) is 2.70. The number of terminal acetylenes is 1. The van der Waals surface area contributed by atoms with Crippen LogP contribution >= 0.6 is 0 Å². The molecule has 1 fully saturated rings. The maximum atomic E-state index is 12.4. The number of carbonyl (C=O) groups is 2. The minimum Gasteiger partial charge on any atom is -0.450 e. The van der Waals surface area contributed by atoms with Crippen molar-refractivity contribution in [2.45, 2.75) is 30.7 Å². The average Bonchev–Trinajstić information content (AvgIpc) is 2.67. The summed E-state index contributed by atoms with van der Waals surface area (Å²) in [6, 6.07) is 5.57. The smallest absolute Gasteiger partial charge is 0.409 e. The number of amides is 2. The summed E-state index contributed by atoms with van der Waals surface area (Å²) in [7, 11) is -3.68. The van der Waals surface area contributed by atoms with Crippen molar-refractivity contribution >= 4 is 22.0 Å². The van der Waals surface area contributed by atoms with Crippen molar-refractivity contribution in [3.63, 3.8) is 0 Å². The van der Waals surface area contributed by atoms with Gasteiger partial charge in [-0.1, -0.05) is 5.92 Å². The summed E-state index contributed by atoms with van der Waals surface area (Å²) in [6.07, 6.45) is 5.98. The lowest BCUT2D eigenvalue weighted by Gasteiger charge is -2.31. The third-order valence-electron chi connectivity index (χ3n) is 4.15. The first kappa shape index (κ1) is 20.7. The van der Waals surface area contributed by atoms with E-state index >= 15 is 0 Å². The number of benzene rings is 1. The summed E-state index contributed by atoms with van der Waals surface area (Å²) < 4.78 is 31.2. The van der Waals surface area contributed by atoms with Crippen LogP contribution in [0.25, 0.3) is 0 Å². The number of hydrogen-bond acceptors (Lipinski definition) is 5. The molecule has 146 valence electrons. The third kappa shape index (κ3) is 5.70. The third-order valence-corrected chi connectivity index (χ3v) is 5.56. The monoisotopic (exact) mass is 393 g/mol. The van der Waals surface area contributed by atoms with Gasteiger partial charge in [-0.15, -0.1) is 6.42 Å². The summed E-state index contributed by atoms with van der Waals surface area (Å²) in [5, 5.41) is 2.91. The van der Waals surface area contributed by atoms with E-state index in [4.69, 9.17) is 11.2 Å². The Morgan fingerprint density at radius 3 is 2.44 bits per heavy atom. The fourth-order valence-corrected chi connectivity index (χ4v) is 3.63. The molecule has 0 aliphatic carbocycles. The Morgan fingerprint density at radius 1 is 1.26 bits per heavy atom. The van der Waals surface area contributed by atoms with Gasteiger partial charge in [0.1, 0.15) is 0 Å². The van der Waals surface area contributed by atoms with Crippen LogP contribution in [0, 0.1) is 12.3 Å². The van der Waals surface area contributed by atoms with Gasteiger partial charge in [-0.3, -0.25) is 4.79 Å². The van der Waals surface area contributed by atoms with E-state index in [9.17, 15) is 18.0 Å². The molecule has 1 heterocycles. The second-order valence-corrected chi connectivity index (χ2v) is 7.75. The van der Waals surface area contributed by atoms with Gasteiger partial charge in [0.25, 0.3) is 5.91 Å². The molecule has 1 saturated heterocycles. The highest BCUT2D eigenvalue weighted by molar-refractivity contribution is 7.89. The summed E-state index contributed by atoms with van der Waals surface area (Å²) in [5.74, 6) is 1.91. The van der Waals surface area contributed by atoms with E-state index in [0.717, 1.165) is 0 Å². The molecule has 2 amide bonds. The molecule has 1 aliphatic heterocycles. The van der Waals surface area contributed by atoms with Crippen LogP contribution < -0.4 is 10.0 Å². The lowest BCUT2D eigenvalue weighted by Crippen LogP contribution is -2.46. The topological polar surface area (TPSA) is 105 Å². The fraction of sp³-hybridized carbons (Fsp3) is 0.444. The molecule has 1 aromatic carbocycles. The van der Waals surface area contributed by atoms with Gasteiger partial charge in [0.2, 0.25) is 10.0 Å². The molecule has 2 N–H and O–H groups in total. The largest absolute Gasteiger partial charge is 0.450 e. The summed E-state index contributed by atoms with van der Waals surface area (Å²) in [4.78, 5) is 25.7. The molecule has 9 heteroatoms. The zero-order chi connectivity index (χ0) is 19.9. The van der Waals surface area contributed by atoms with Gasteiger partial charge in [-0.05, 0) is 44.0 Å². The Balaban J connectivity index is 1.90. The highest BCUT2D eigenvalue weighted by Gasteiger charge is 2.25. The predicted molar refractivity (Wildman–Crippen MR) is 99.5 cm³/mol. The van der Waals surface area contributed by atoms with Crippen molar-refractivity contribution in [1.29, 1.82) is 0 Å². The molecule has 2 rings (SSSR count). The van der Waals surface area contributed by atoms with Crippen molar-refractivity contribution in [3.8, 4) is 12.3 Å². The number of sulfonamides is 1. The molecule has 1 aliphatic rings. The van der Waals surface area contributed by atoms with Crippen LogP contribution in [-0.2, 0) is 14.8 Å². The number of hydrogen-bond donors (Lipinski definition) is 2. The molecule has 0 atom stereocenters. The predicted octanol–water partition coefficient (Wildman–Crippen LogP) is 0.949. The van der Waals surface area contributed by atoms with Crippen LogP contribution in [0.4, 0.5) is 4.79 Å². The van der Waals surface area contributed by atoms with Gasteiger partial charge in [0.15, 0.2) is 0 Å². The summed E-state index contributed by atoms with van der Waals surface area (Å²) in [6.45, 7) is 3.02. The molecule has 0 spiro atoms. The minimum absolute atomic E-state index is 0.0389. The van der Waals surface area contributed by atoms with E-state index in [0.29, 0.717) is 38.1 Å². The molecule has 0 unspecified atom stereocenters. The zero-order valence-corrected chi connectivity index (χ0v) is 15.9. The van der Waals surface area contributed by atoms with E-state index in [1.54, 1.807) is 11.8 Å². The number of nitrogens with zero attached hydrogens (tertiary/aromatic N) is 1. The maximum Gasteiger partial charge on any atom is 0.409 e. The van der Waals surface area contributed by atoms with Crippen molar-refractivity contribution in [2.24, 2.45) is 0 Å². The standard InChI is InChI=1S/C18H23N3O5S/c1-3-11-19-27(24,25)16-7-5-14(6-8-16)17(22)20-15-9-12-21(13-10-15)18(23)26-4-2/h1,5-8,15,19H,4,9-13H2,2H3,(H,20,22). The van der Waals surface area contributed by atoms with Crippen LogP contribution in [0.1, 0.15) is 30.1 Å². The molecular weight excluding hydrogens is 370 g/mol. The molecule has 1 aromatic rings. The van der Waals surface area contributed by atoms with Gasteiger partial charge in [-0.25, -0.2) is 13.2 Å². The van der Waals surface area contributed by atoms with Crippen LogP contribution in [0.3, 0.4) is 0 Å². The van der Waals surface area contributed by atoms with E-state index < -0.39 is 10.0 Å². The van der Waals surface area contributed by atoms with E-state index in [1.807, 2.05) is 0 Å². The first-order valence-electron chi connectivity index (χ1n) is 8.63. The van der Waals surface area contributed by atoms with Gasteiger partial charge >= 0.3 is 6.09 Å². The highest BCUT2D eigenvalue weighted by Crippen LogP contribution is 2.14. The van der Waals surface area contributed by atoms with Gasteiger partial charge in [-0.2, -0.15) is 4.72 Å². The summed E-state index contributed by atoms with van der Waals surface area (Å²) >= 11 is 0. The van der Waals surface area contributed by atoms with Gasteiger partial charge in [0.05, 0.1) is 18.0 Å². The molecule has 0 bridgehead atoms. The number of likely N-dealkylation sites (tertiary alicyclic amines) is 1. The minimum atomic E-state index is -3.68. The second-order valence-electron chi connectivity index (χ2n) is 5.99. The first-order valence-corrected chi connectivity index (χ1v) is 10.1. The number of carbonyl (C=O) groups excluding carboxylic acids is 2. The Bertz CT molecular complexity index is 806. The van der Waals surface area contributed by atoms with Crippen LogP contribution in [0.5, 0.6) is 0 Å². The van der Waals surface area contributed by atoms with Crippen molar-refractivity contribution < 1.29 is 22.7 Å². The van der Waals surface area contributed by atoms with Crippen LogP contribution in [0.15, 0.2) is 29.2 Å². The van der Waals surface area contributed by atoms with Crippen molar-refractivity contribution in [1.82, 2.24) is 14.9 Å². The Hall–Kier alpha value is -2.57. The number of ether oxygens (including phenoxy) is 1. The summed E-state index contributed by atoms with van der Waals surface area (Å²) in [5.41, 5.74) is 0.360. The molecule has 0 saturated carbocycles. The Morgan fingerprint density at radius 2 is 1.89 bits per heavy atom. The van der Waals surface area contributed by atoms with Crippen LogP contribution in [0.2, 0.25) is 0 Å². The molecule has 0 radical (unpaired) electrons. The Kier molecular flexibility index (Phi) is 7.21. The SMILES string of the molecule is C#CCNS(=O)(=O)c1ccc(C(=O)NC2CCN(C(=O)OCC)CC2)cc1. The zero-order valence-electron chi connectivity index (χ0n) is 15.1. The molecule has 27 heavy (non-hydrogen) atoms. The number of nitrogens with one attached hydrogen (secondary N) is 2. The van der Waals surface area contributed by atoms with Crippen LogP contribution in [-0.4, -0.2) is 57.6 Å². The van der Waals surface area contributed by atoms with Crippen molar-refractivity contribution in [2.75, 3.05) is 26.2 Å². The molecular formula is C18H23N3O5S. The Labute approximate surface area is 159 Å². The number of piperidine rings is 1. The quantitative estimate of drug-likeness (QED) is 0.700. The van der Waals surface area contributed by atoms with E-state index in [1.165, 1.54) is 24.3 Å². The second kappa shape index (κ2) is 9.39. The van der Waals surface area contributed by atoms with Gasteiger partial charge in [0, 0.05) is 24.7 Å². The molecule has 0 aromatic heterocycles. The lowest BCUT2D eigenvalue weighted by molar-refractivity contribution is 0.0860. The maximum absolute atomic E-state index is 12.4. The highest BCUT2D eigenvalue weighted by atomic mass is 32.2. The first-order chi connectivity index (χ1) is 12.9. The number of rotatable bonds is 6. The molecule has 8 nitrogen and oxygen atoms in total. The average molecular weight is 393 g/mol. The van der Waals surface area contributed by atoms with Gasteiger partial charge < -0.3 is 15.0 Å². The van der Waals surface area contributed by atoms with E-state index in [2.05, 4.69) is 16.0 Å². The lowest BCUT2D eigenvalue weighted by atomic mass is 10.0.